The lowest BCUT2D eigenvalue weighted by Gasteiger charge is -1.96. The molecule has 0 aliphatic heterocycles. The van der Waals surface area contributed by atoms with Crippen LogP contribution in [-0.2, 0) is 6.42 Å². The second-order valence-corrected chi connectivity index (χ2v) is 3.46. The molecule has 71 valence electrons. The summed E-state index contributed by atoms with van der Waals surface area (Å²) >= 11 is 5.79. The van der Waals surface area contributed by atoms with Crippen LogP contribution in [0.5, 0.6) is 0 Å². The summed E-state index contributed by atoms with van der Waals surface area (Å²) in [5, 5.41) is 0.734. The monoisotopic (exact) mass is 205 g/mol. The van der Waals surface area contributed by atoms with E-state index in [0.717, 1.165) is 22.1 Å². The Bertz CT molecular complexity index is 414. The summed E-state index contributed by atoms with van der Waals surface area (Å²) in [6, 6.07) is 11.5. The second kappa shape index (κ2) is 3.89. The van der Waals surface area contributed by atoms with E-state index < -0.39 is 0 Å². The van der Waals surface area contributed by atoms with Gasteiger partial charge in [-0.25, -0.2) is 0 Å². The molecule has 0 saturated heterocycles. The maximum atomic E-state index is 5.79. The highest BCUT2D eigenvalue weighted by atomic mass is 35.5. The fourth-order valence-electron chi connectivity index (χ4n) is 1.28. The molecule has 0 unspecified atom stereocenters. The average molecular weight is 206 g/mol. The molecular formula is C12H10ClO. The van der Waals surface area contributed by atoms with Crippen molar-refractivity contribution in [2.75, 3.05) is 0 Å². The van der Waals surface area contributed by atoms with Crippen molar-refractivity contribution in [2.45, 2.75) is 6.42 Å². The van der Waals surface area contributed by atoms with E-state index in [1.165, 1.54) is 0 Å². The average Bonchev–Trinajstić information content (AvgIpc) is 2.67. The molecule has 0 N–H and O–H groups in total. The van der Waals surface area contributed by atoms with Crippen molar-refractivity contribution in [1.29, 1.82) is 0 Å². The van der Waals surface area contributed by atoms with Gasteiger partial charge >= 0.3 is 0 Å². The molecule has 0 amide bonds. The summed E-state index contributed by atoms with van der Waals surface area (Å²) in [5.41, 5.74) is 1.04. The van der Waals surface area contributed by atoms with Gasteiger partial charge in [0.15, 0.2) is 0 Å². The molecule has 1 nitrogen and oxygen atoms in total. The third-order valence-corrected chi connectivity index (χ3v) is 2.29. The highest BCUT2D eigenvalue weighted by molar-refractivity contribution is 6.30. The van der Waals surface area contributed by atoms with Gasteiger partial charge in [0.25, 0.3) is 0 Å². The van der Waals surface area contributed by atoms with Gasteiger partial charge in [-0.2, -0.15) is 0 Å². The Kier molecular flexibility index (Phi) is 2.60. The van der Waals surface area contributed by atoms with Crippen molar-refractivity contribution in [3.63, 3.8) is 0 Å². The molecule has 0 spiro atoms. The van der Waals surface area contributed by atoms with Crippen molar-refractivity contribution in [3.05, 3.63) is 54.1 Å². The predicted molar refractivity (Wildman–Crippen MR) is 58.2 cm³/mol. The molecule has 1 radical (unpaired) electrons. The van der Waals surface area contributed by atoms with Crippen LogP contribution in [0, 0.1) is 6.92 Å². The van der Waals surface area contributed by atoms with E-state index in [0.29, 0.717) is 6.42 Å². The summed E-state index contributed by atoms with van der Waals surface area (Å²) in [6.45, 7) is 3.76. The highest BCUT2D eigenvalue weighted by Gasteiger charge is 2.02. The maximum absolute atomic E-state index is 5.79. The Morgan fingerprint density at radius 1 is 1.07 bits per heavy atom. The quantitative estimate of drug-likeness (QED) is 0.723. The zero-order valence-corrected chi connectivity index (χ0v) is 8.42. The maximum Gasteiger partial charge on any atom is 0.134 e. The molecule has 2 rings (SSSR count). The number of furan rings is 1. The molecule has 0 bridgehead atoms. The number of rotatable bonds is 2. The second-order valence-electron chi connectivity index (χ2n) is 3.02. The minimum atomic E-state index is 0.674. The molecular weight excluding hydrogens is 196 g/mol. The van der Waals surface area contributed by atoms with E-state index in [1.807, 2.05) is 36.4 Å². The SMILES string of the molecule is [CH2]Cc1ccc(-c2ccc(Cl)cc2)o1. The lowest BCUT2D eigenvalue weighted by Crippen LogP contribution is -1.73. The zero-order valence-electron chi connectivity index (χ0n) is 7.66. The van der Waals surface area contributed by atoms with Crippen LogP contribution in [0.15, 0.2) is 40.8 Å². The van der Waals surface area contributed by atoms with Crippen molar-refractivity contribution in [1.82, 2.24) is 0 Å². The normalized spacial score (nSPS) is 10.4. The molecule has 0 saturated carbocycles. The fourth-order valence-corrected chi connectivity index (χ4v) is 1.41. The van der Waals surface area contributed by atoms with Crippen molar-refractivity contribution in [2.24, 2.45) is 0 Å². The van der Waals surface area contributed by atoms with Crippen molar-refractivity contribution >= 4 is 11.6 Å². The number of hydrogen-bond acceptors (Lipinski definition) is 1. The summed E-state index contributed by atoms with van der Waals surface area (Å²) in [7, 11) is 0. The number of hydrogen-bond donors (Lipinski definition) is 0. The largest absolute Gasteiger partial charge is 0.461 e. The summed E-state index contributed by atoms with van der Waals surface area (Å²) in [5.74, 6) is 1.76. The molecule has 0 aliphatic carbocycles. The highest BCUT2D eigenvalue weighted by Crippen LogP contribution is 2.23. The van der Waals surface area contributed by atoms with Gasteiger partial charge in [0.05, 0.1) is 0 Å². The Morgan fingerprint density at radius 2 is 1.79 bits per heavy atom. The minimum absolute atomic E-state index is 0.674. The zero-order chi connectivity index (χ0) is 9.97. The van der Waals surface area contributed by atoms with Crippen LogP contribution in [0.2, 0.25) is 5.02 Å². The van der Waals surface area contributed by atoms with E-state index in [-0.39, 0.29) is 0 Å². The minimum Gasteiger partial charge on any atom is -0.461 e. The van der Waals surface area contributed by atoms with Crippen LogP contribution < -0.4 is 0 Å². The fraction of sp³-hybridized carbons (Fsp3) is 0.0833. The third-order valence-electron chi connectivity index (χ3n) is 2.04. The Morgan fingerprint density at radius 3 is 2.36 bits per heavy atom. The van der Waals surface area contributed by atoms with Crippen LogP contribution in [0.4, 0.5) is 0 Å². The van der Waals surface area contributed by atoms with E-state index >= 15 is 0 Å². The lowest BCUT2D eigenvalue weighted by atomic mass is 10.2. The first-order chi connectivity index (χ1) is 6.79. The molecule has 2 aromatic rings. The van der Waals surface area contributed by atoms with Crippen LogP contribution in [0.25, 0.3) is 11.3 Å². The summed E-state index contributed by atoms with van der Waals surface area (Å²) < 4.78 is 5.55. The van der Waals surface area contributed by atoms with Crippen molar-refractivity contribution < 1.29 is 4.42 Å². The first-order valence-electron chi connectivity index (χ1n) is 4.43. The van der Waals surface area contributed by atoms with E-state index in [4.69, 9.17) is 16.0 Å². The molecule has 0 atom stereocenters. The van der Waals surface area contributed by atoms with Gasteiger partial charge in [0.1, 0.15) is 11.5 Å². The predicted octanol–water partition coefficient (Wildman–Crippen LogP) is 3.98. The first kappa shape index (κ1) is 9.35. The van der Waals surface area contributed by atoms with Crippen molar-refractivity contribution in [3.8, 4) is 11.3 Å². The van der Waals surface area contributed by atoms with Crippen LogP contribution in [0.3, 0.4) is 0 Å². The molecule has 1 aromatic heterocycles. The van der Waals surface area contributed by atoms with Gasteiger partial charge in [-0.3, -0.25) is 0 Å². The van der Waals surface area contributed by atoms with Gasteiger partial charge in [0, 0.05) is 17.0 Å². The smallest absolute Gasteiger partial charge is 0.134 e. The molecule has 14 heavy (non-hydrogen) atoms. The molecule has 0 fully saturated rings. The molecule has 0 aliphatic rings. The standard InChI is InChI=1S/C12H10ClO/c1-2-11-7-8-12(14-11)9-3-5-10(13)6-4-9/h3-8H,1-2H2. The van der Waals surface area contributed by atoms with Crippen LogP contribution in [-0.4, -0.2) is 0 Å². The van der Waals surface area contributed by atoms with Gasteiger partial charge in [0.2, 0.25) is 0 Å². The summed E-state index contributed by atoms with van der Waals surface area (Å²) in [6.07, 6.45) is 0.674. The Labute approximate surface area is 88.3 Å². The van der Waals surface area contributed by atoms with Gasteiger partial charge in [-0.15, -0.1) is 0 Å². The van der Waals surface area contributed by atoms with Gasteiger partial charge in [-0.05, 0) is 43.3 Å². The van der Waals surface area contributed by atoms with E-state index in [1.54, 1.807) is 0 Å². The van der Waals surface area contributed by atoms with Crippen LogP contribution >= 0.6 is 11.6 Å². The van der Waals surface area contributed by atoms with E-state index in [9.17, 15) is 0 Å². The van der Waals surface area contributed by atoms with E-state index in [2.05, 4.69) is 6.92 Å². The Hall–Kier alpha value is -1.21. The molecule has 2 heteroatoms. The Balaban J connectivity index is 2.34. The van der Waals surface area contributed by atoms with Gasteiger partial charge in [-0.1, -0.05) is 11.6 Å². The van der Waals surface area contributed by atoms with Gasteiger partial charge < -0.3 is 4.42 Å². The molecule has 1 aromatic carbocycles. The number of halogens is 1. The molecule has 1 heterocycles. The first-order valence-corrected chi connectivity index (χ1v) is 4.81. The number of benzene rings is 1. The third kappa shape index (κ3) is 1.83. The topological polar surface area (TPSA) is 13.1 Å². The lowest BCUT2D eigenvalue weighted by molar-refractivity contribution is 0.536. The van der Waals surface area contributed by atoms with Crippen LogP contribution in [0.1, 0.15) is 5.76 Å². The summed E-state index contributed by atoms with van der Waals surface area (Å²) in [4.78, 5) is 0.